The summed E-state index contributed by atoms with van der Waals surface area (Å²) in [4.78, 5) is 13.3. The normalized spacial score (nSPS) is 11.9. The van der Waals surface area contributed by atoms with Crippen molar-refractivity contribution in [1.29, 1.82) is 0 Å². The number of likely N-dealkylation sites (N-methyl/N-ethyl adjacent to an activating group) is 1. The summed E-state index contributed by atoms with van der Waals surface area (Å²) < 4.78 is 0. The first kappa shape index (κ1) is 13.3. The van der Waals surface area contributed by atoms with E-state index < -0.39 is 6.04 Å². The summed E-state index contributed by atoms with van der Waals surface area (Å²) >= 11 is 0. The van der Waals surface area contributed by atoms with Crippen molar-refractivity contribution in [2.45, 2.75) is 12.5 Å². The Hall–Kier alpha value is -1.81. The molecule has 1 aromatic carbocycles. The van der Waals surface area contributed by atoms with Gasteiger partial charge in [-0.05, 0) is 24.1 Å². The van der Waals surface area contributed by atoms with Crippen LogP contribution in [0.1, 0.15) is 5.56 Å². The van der Waals surface area contributed by atoms with Crippen LogP contribution in [0.25, 0.3) is 0 Å². The topological polar surface area (TPSA) is 66.6 Å². The van der Waals surface area contributed by atoms with Crippen molar-refractivity contribution >= 4 is 5.91 Å². The number of carbonyl (C=O) groups excluding carboxylic acids is 1. The Morgan fingerprint density at radius 3 is 2.65 bits per heavy atom. The Labute approximate surface area is 101 Å². The molecule has 0 saturated carbocycles. The molecular weight excluding hydrogens is 216 g/mol. The molecule has 0 aliphatic rings. The summed E-state index contributed by atoms with van der Waals surface area (Å²) in [6.07, 6.45) is 2.12. The van der Waals surface area contributed by atoms with Crippen molar-refractivity contribution in [2.75, 3.05) is 13.6 Å². The van der Waals surface area contributed by atoms with Crippen LogP contribution < -0.4 is 5.73 Å². The molecule has 17 heavy (non-hydrogen) atoms. The van der Waals surface area contributed by atoms with Gasteiger partial charge in [-0.25, -0.2) is 0 Å². The van der Waals surface area contributed by atoms with Crippen molar-refractivity contribution in [3.8, 4) is 5.75 Å². The summed E-state index contributed by atoms with van der Waals surface area (Å²) in [6.45, 7) is 4.06. The number of nitrogens with zero attached hydrogens (tertiary/aromatic N) is 1. The first-order valence-electron chi connectivity index (χ1n) is 5.44. The van der Waals surface area contributed by atoms with Crippen LogP contribution in [0.4, 0.5) is 0 Å². The highest BCUT2D eigenvalue weighted by Gasteiger charge is 2.17. The first-order valence-corrected chi connectivity index (χ1v) is 5.44. The number of aromatic hydroxyl groups is 1. The van der Waals surface area contributed by atoms with Crippen LogP contribution >= 0.6 is 0 Å². The van der Waals surface area contributed by atoms with Crippen molar-refractivity contribution < 1.29 is 9.90 Å². The number of amides is 1. The molecule has 0 bridgehead atoms. The third-order valence-electron chi connectivity index (χ3n) is 2.49. The van der Waals surface area contributed by atoms with Crippen LogP contribution in [0.2, 0.25) is 0 Å². The predicted octanol–water partition coefficient (Wildman–Crippen LogP) is 0.906. The number of nitrogens with two attached hydrogens (primary N) is 1. The molecule has 1 rings (SSSR count). The molecule has 0 aliphatic heterocycles. The van der Waals surface area contributed by atoms with Crippen LogP contribution in [0.5, 0.6) is 5.75 Å². The van der Waals surface area contributed by atoms with E-state index in [4.69, 9.17) is 10.8 Å². The van der Waals surface area contributed by atoms with Crippen molar-refractivity contribution in [3.05, 3.63) is 42.5 Å². The lowest BCUT2D eigenvalue weighted by molar-refractivity contribution is -0.130. The van der Waals surface area contributed by atoms with Gasteiger partial charge >= 0.3 is 0 Å². The van der Waals surface area contributed by atoms with E-state index in [1.54, 1.807) is 37.4 Å². The fourth-order valence-electron chi connectivity index (χ4n) is 1.54. The third kappa shape index (κ3) is 3.92. The molecule has 1 amide bonds. The third-order valence-corrected chi connectivity index (χ3v) is 2.49. The summed E-state index contributed by atoms with van der Waals surface area (Å²) in [5.41, 5.74) is 6.76. The molecule has 0 saturated heterocycles. The number of phenols is 1. The van der Waals surface area contributed by atoms with Gasteiger partial charge < -0.3 is 15.7 Å². The highest BCUT2D eigenvalue weighted by atomic mass is 16.3. The summed E-state index contributed by atoms with van der Waals surface area (Å²) in [7, 11) is 1.70. The molecule has 0 aliphatic carbocycles. The second-order valence-electron chi connectivity index (χ2n) is 3.98. The standard InChI is InChI=1S/C13H18N2O2/c1-3-8-15(2)13(17)12(14)9-10-4-6-11(16)7-5-10/h3-7,12,16H,1,8-9,14H2,2H3/t12-/m1/s1. The highest BCUT2D eigenvalue weighted by Crippen LogP contribution is 2.11. The fraction of sp³-hybridized carbons (Fsp3) is 0.308. The predicted molar refractivity (Wildman–Crippen MR) is 67.6 cm³/mol. The van der Waals surface area contributed by atoms with Crippen LogP contribution in [-0.4, -0.2) is 35.5 Å². The van der Waals surface area contributed by atoms with E-state index >= 15 is 0 Å². The molecule has 1 aromatic rings. The van der Waals surface area contributed by atoms with E-state index in [0.29, 0.717) is 13.0 Å². The van der Waals surface area contributed by atoms with Gasteiger partial charge in [0.05, 0.1) is 6.04 Å². The number of hydrogen-bond donors (Lipinski definition) is 2. The minimum atomic E-state index is -0.565. The van der Waals surface area contributed by atoms with Gasteiger partial charge in [0.1, 0.15) is 5.75 Å². The molecule has 92 valence electrons. The molecule has 3 N–H and O–H groups in total. The molecule has 4 nitrogen and oxygen atoms in total. The number of carbonyl (C=O) groups is 1. The number of phenolic OH excluding ortho intramolecular Hbond substituents is 1. The Bertz CT molecular complexity index is 387. The molecule has 4 heteroatoms. The van der Waals surface area contributed by atoms with E-state index in [2.05, 4.69) is 6.58 Å². The van der Waals surface area contributed by atoms with Gasteiger partial charge in [0.2, 0.25) is 5.91 Å². The molecule has 1 atom stereocenters. The van der Waals surface area contributed by atoms with Crippen LogP contribution in [0.3, 0.4) is 0 Å². The molecular formula is C13H18N2O2. The Kier molecular flexibility index (Phi) is 4.72. The lowest BCUT2D eigenvalue weighted by Crippen LogP contribution is -2.43. The smallest absolute Gasteiger partial charge is 0.239 e. The Balaban J connectivity index is 2.59. The van der Waals surface area contributed by atoms with E-state index in [1.165, 1.54) is 4.90 Å². The second-order valence-corrected chi connectivity index (χ2v) is 3.98. The summed E-state index contributed by atoms with van der Waals surface area (Å²) in [6, 6.07) is 6.12. The van der Waals surface area contributed by atoms with Crippen LogP contribution in [0, 0.1) is 0 Å². The second kappa shape index (κ2) is 6.06. The maximum atomic E-state index is 11.8. The zero-order valence-electron chi connectivity index (χ0n) is 9.97. The van der Waals surface area contributed by atoms with Crippen molar-refractivity contribution in [2.24, 2.45) is 5.73 Å². The molecule has 0 spiro atoms. The zero-order valence-corrected chi connectivity index (χ0v) is 9.97. The largest absolute Gasteiger partial charge is 0.508 e. The minimum Gasteiger partial charge on any atom is -0.508 e. The van der Waals surface area contributed by atoms with Gasteiger partial charge in [-0.3, -0.25) is 4.79 Å². The number of benzene rings is 1. The van der Waals surface area contributed by atoms with E-state index in [0.717, 1.165) is 5.56 Å². The number of hydrogen-bond acceptors (Lipinski definition) is 3. The zero-order chi connectivity index (χ0) is 12.8. The van der Waals surface area contributed by atoms with E-state index in [9.17, 15) is 4.79 Å². The maximum absolute atomic E-state index is 11.8. The average Bonchev–Trinajstić information content (AvgIpc) is 2.31. The monoisotopic (exact) mass is 234 g/mol. The number of rotatable bonds is 5. The molecule has 0 heterocycles. The van der Waals surface area contributed by atoms with Gasteiger partial charge in [-0.1, -0.05) is 18.2 Å². The van der Waals surface area contributed by atoms with Crippen molar-refractivity contribution in [1.82, 2.24) is 4.90 Å². The Morgan fingerprint density at radius 2 is 2.12 bits per heavy atom. The lowest BCUT2D eigenvalue weighted by atomic mass is 10.1. The highest BCUT2D eigenvalue weighted by molar-refractivity contribution is 5.81. The van der Waals surface area contributed by atoms with Gasteiger partial charge in [0.15, 0.2) is 0 Å². The van der Waals surface area contributed by atoms with Crippen molar-refractivity contribution in [3.63, 3.8) is 0 Å². The average molecular weight is 234 g/mol. The Morgan fingerprint density at radius 1 is 1.53 bits per heavy atom. The van der Waals surface area contributed by atoms with Gasteiger partial charge in [0.25, 0.3) is 0 Å². The minimum absolute atomic E-state index is 0.113. The van der Waals surface area contributed by atoms with Gasteiger partial charge in [0, 0.05) is 13.6 Å². The lowest BCUT2D eigenvalue weighted by Gasteiger charge is -2.19. The van der Waals surface area contributed by atoms with Crippen LogP contribution in [0.15, 0.2) is 36.9 Å². The van der Waals surface area contributed by atoms with Gasteiger partial charge in [-0.15, -0.1) is 6.58 Å². The van der Waals surface area contributed by atoms with E-state index in [-0.39, 0.29) is 11.7 Å². The molecule has 0 aromatic heterocycles. The van der Waals surface area contributed by atoms with E-state index in [1.807, 2.05) is 0 Å². The van der Waals surface area contributed by atoms with Gasteiger partial charge in [-0.2, -0.15) is 0 Å². The molecule has 0 fully saturated rings. The SMILES string of the molecule is C=CCN(C)C(=O)[C@H](N)Cc1ccc(O)cc1. The molecule has 0 unspecified atom stereocenters. The summed E-state index contributed by atoms with van der Waals surface area (Å²) in [5, 5.41) is 9.14. The summed E-state index contributed by atoms with van der Waals surface area (Å²) in [5.74, 6) is 0.0930. The van der Waals surface area contributed by atoms with Crippen LogP contribution in [-0.2, 0) is 11.2 Å². The molecule has 0 radical (unpaired) electrons. The quantitative estimate of drug-likeness (QED) is 0.744. The first-order chi connectivity index (χ1) is 8.04. The maximum Gasteiger partial charge on any atom is 0.239 e. The fourth-order valence-corrected chi connectivity index (χ4v) is 1.54.